The molecule has 0 unspecified atom stereocenters. The third-order valence-electron chi connectivity index (χ3n) is 2.41. The van der Waals surface area contributed by atoms with Gasteiger partial charge in [-0.15, -0.1) is 0 Å². The number of carbonyl (C=O) groups is 3. The number of ketones is 2. The molecule has 0 atom stereocenters. The van der Waals surface area contributed by atoms with Crippen LogP contribution >= 0.6 is 0 Å². The summed E-state index contributed by atoms with van der Waals surface area (Å²) < 4.78 is 9.63. The summed E-state index contributed by atoms with van der Waals surface area (Å²) in [6, 6.07) is 4.54. The normalized spacial score (nSPS) is 13.4. The molecule has 1 aliphatic carbocycles. The fourth-order valence-electron chi connectivity index (χ4n) is 1.67. The first-order valence-electron chi connectivity index (χ1n) is 5.23. The van der Waals surface area contributed by atoms with Crippen molar-refractivity contribution in [3.8, 4) is 5.75 Å². The Morgan fingerprint density at radius 1 is 1.17 bits per heavy atom. The van der Waals surface area contributed by atoms with Gasteiger partial charge >= 0.3 is 5.97 Å². The van der Waals surface area contributed by atoms with Crippen molar-refractivity contribution in [3.05, 3.63) is 41.5 Å². The summed E-state index contributed by atoms with van der Waals surface area (Å²) in [4.78, 5) is 34.6. The van der Waals surface area contributed by atoms with E-state index >= 15 is 0 Å². The van der Waals surface area contributed by atoms with Gasteiger partial charge in [-0.1, -0.05) is 12.1 Å². The smallest absolute Gasteiger partial charge is 0.337 e. The van der Waals surface area contributed by atoms with E-state index in [1.165, 1.54) is 31.4 Å². The van der Waals surface area contributed by atoms with E-state index in [4.69, 9.17) is 4.74 Å². The highest BCUT2D eigenvalue weighted by molar-refractivity contribution is 6.23. The number of benzene rings is 1. The third-order valence-corrected chi connectivity index (χ3v) is 2.41. The Hall–Kier alpha value is -2.27. The molecular weight excluding hydrogens is 236 g/mol. The van der Waals surface area contributed by atoms with Crippen LogP contribution in [-0.4, -0.2) is 31.3 Å². The van der Waals surface area contributed by atoms with Crippen molar-refractivity contribution >= 4 is 17.5 Å². The van der Waals surface area contributed by atoms with E-state index in [1.807, 2.05) is 0 Å². The molecule has 0 saturated heterocycles. The van der Waals surface area contributed by atoms with Crippen molar-refractivity contribution < 1.29 is 23.9 Å². The molecule has 5 heteroatoms. The minimum absolute atomic E-state index is 0.0808. The summed E-state index contributed by atoms with van der Waals surface area (Å²) in [6.45, 7) is -0.221. The number of rotatable bonds is 3. The Balaban J connectivity index is 2.40. The van der Waals surface area contributed by atoms with Crippen LogP contribution in [0.2, 0.25) is 0 Å². The Labute approximate surface area is 103 Å². The molecule has 5 nitrogen and oxygen atoms in total. The van der Waals surface area contributed by atoms with Crippen LogP contribution in [0.5, 0.6) is 5.75 Å². The predicted molar refractivity (Wildman–Crippen MR) is 61.8 cm³/mol. The van der Waals surface area contributed by atoms with Crippen LogP contribution in [0.1, 0.15) is 20.7 Å². The van der Waals surface area contributed by atoms with E-state index in [0.29, 0.717) is 0 Å². The number of hydrogen-bond acceptors (Lipinski definition) is 5. The molecule has 0 saturated carbocycles. The van der Waals surface area contributed by atoms with Gasteiger partial charge < -0.3 is 9.47 Å². The monoisotopic (exact) mass is 246 g/mol. The molecule has 2 rings (SSSR count). The van der Waals surface area contributed by atoms with Crippen LogP contribution in [0.4, 0.5) is 0 Å². The van der Waals surface area contributed by atoms with Crippen molar-refractivity contribution in [2.45, 2.75) is 0 Å². The van der Waals surface area contributed by atoms with Crippen LogP contribution in [0.15, 0.2) is 30.4 Å². The van der Waals surface area contributed by atoms with Crippen LogP contribution in [0.25, 0.3) is 0 Å². The predicted octanol–water partition coefficient (Wildman–Crippen LogP) is 1.17. The van der Waals surface area contributed by atoms with Gasteiger partial charge in [0.05, 0.1) is 5.56 Å². The molecule has 0 aromatic heterocycles. The van der Waals surface area contributed by atoms with Gasteiger partial charge in [-0.25, -0.2) is 4.79 Å². The topological polar surface area (TPSA) is 69.7 Å². The van der Waals surface area contributed by atoms with Gasteiger partial charge in [-0.3, -0.25) is 9.59 Å². The van der Waals surface area contributed by atoms with E-state index in [1.54, 1.807) is 6.07 Å². The summed E-state index contributed by atoms with van der Waals surface area (Å²) >= 11 is 0. The lowest BCUT2D eigenvalue weighted by Gasteiger charge is -2.13. The molecule has 0 N–H and O–H groups in total. The van der Waals surface area contributed by atoms with E-state index in [0.717, 1.165) is 0 Å². The van der Waals surface area contributed by atoms with Gasteiger partial charge in [-0.05, 0) is 18.2 Å². The van der Waals surface area contributed by atoms with E-state index in [-0.39, 0.29) is 35.0 Å². The van der Waals surface area contributed by atoms with Crippen molar-refractivity contribution in [2.75, 3.05) is 13.7 Å². The zero-order valence-electron chi connectivity index (χ0n) is 9.64. The highest BCUT2D eigenvalue weighted by Gasteiger charge is 2.24. The molecule has 18 heavy (non-hydrogen) atoms. The van der Waals surface area contributed by atoms with Crippen LogP contribution in [-0.2, 0) is 9.53 Å². The van der Waals surface area contributed by atoms with Gasteiger partial charge in [0.1, 0.15) is 12.4 Å². The van der Waals surface area contributed by atoms with E-state index < -0.39 is 5.97 Å². The molecule has 1 aromatic rings. The van der Waals surface area contributed by atoms with Gasteiger partial charge in [-0.2, -0.15) is 0 Å². The summed E-state index contributed by atoms with van der Waals surface area (Å²) in [5.41, 5.74) is 0.361. The molecule has 0 fully saturated rings. The van der Waals surface area contributed by atoms with Gasteiger partial charge in [0, 0.05) is 12.7 Å². The summed E-state index contributed by atoms with van der Waals surface area (Å²) in [7, 11) is 1.36. The molecule has 0 radical (unpaired) electrons. The average Bonchev–Trinajstić information content (AvgIpc) is 2.34. The quantitative estimate of drug-likeness (QED) is 0.591. The number of carbonyl (C=O) groups excluding carboxylic acids is 3. The third kappa shape index (κ3) is 2.21. The molecule has 1 aliphatic rings. The van der Waals surface area contributed by atoms with Gasteiger partial charge in [0.25, 0.3) is 0 Å². The second-order valence-corrected chi connectivity index (χ2v) is 3.65. The Bertz CT molecular complexity index is 557. The summed E-state index contributed by atoms with van der Waals surface area (Å²) in [5, 5.41) is 0. The van der Waals surface area contributed by atoms with E-state index in [9.17, 15) is 14.4 Å². The van der Waals surface area contributed by atoms with Crippen molar-refractivity contribution in [3.63, 3.8) is 0 Å². The SMILES string of the molecule is COCC(=O)Oc1cccc2c1C(=O)C=CC2=O. The molecule has 92 valence electrons. The average molecular weight is 246 g/mol. The lowest BCUT2D eigenvalue weighted by atomic mass is 9.94. The van der Waals surface area contributed by atoms with Crippen molar-refractivity contribution in [2.24, 2.45) is 0 Å². The first kappa shape index (κ1) is 12.2. The minimum atomic E-state index is -0.624. The minimum Gasteiger partial charge on any atom is -0.424 e. The highest BCUT2D eigenvalue weighted by Crippen LogP contribution is 2.26. The number of hydrogen-bond donors (Lipinski definition) is 0. The summed E-state index contributed by atoms with van der Waals surface area (Å²) in [5.74, 6) is -1.18. The fourth-order valence-corrected chi connectivity index (χ4v) is 1.67. The first-order chi connectivity index (χ1) is 8.63. The van der Waals surface area contributed by atoms with Gasteiger partial charge in [0.2, 0.25) is 0 Å². The maximum atomic E-state index is 11.7. The molecule has 0 heterocycles. The second-order valence-electron chi connectivity index (χ2n) is 3.65. The maximum absolute atomic E-state index is 11.7. The standard InChI is InChI=1S/C13H10O5/c1-17-7-12(16)18-11-4-2-3-8-9(14)5-6-10(15)13(8)11/h2-6H,7H2,1H3. The maximum Gasteiger partial charge on any atom is 0.337 e. The zero-order chi connectivity index (χ0) is 13.1. The van der Waals surface area contributed by atoms with Gasteiger partial charge in [0.15, 0.2) is 11.6 Å². The van der Waals surface area contributed by atoms with Crippen molar-refractivity contribution in [1.82, 2.24) is 0 Å². The Morgan fingerprint density at radius 2 is 1.89 bits per heavy atom. The Kier molecular flexibility index (Phi) is 3.34. The van der Waals surface area contributed by atoms with Crippen LogP contribution in [0, 0.1) is 0 Å². The van der Waals surface area contributed by atoms with Crippen molar-refractivity contribution in [1.29, 1.82) is 0 Å². The second kappa shape index (κ2) is 4.93. The zero-order valence-corrected chi connectivity index (χ0v) is 9.64. The number of esters is 1. The van der Waals surface area contributed by atoms with Crippen LogP contribution in [0.3, 0.4) is 0 Å². The lowest BCUT2D eigenvalue weighted by Crippen LogP contribution is -2.18. The van der Waals surface area contributed by atoms with E-state index in [2.05, 4.69) is 4.74 Å². The fraction of sp³-hybridized carbons (Fsp3) is 0.154. The number of ether oxygens (including phenoxy) is 2. The molecule has 0 spiro atoms. The lowest BCUT2D eigenvalue weighted by molar-refractivity contribution is -0.138. The van der Waals surface area contributed by atoms with Crippen LogP contribution < -0.4 is 4.74 Å². The summed E-state index contributed by atoms with van der Waals surface area (Å²) in [6.07, 6.45) is 2.36. The number of methoxy groups -OCH3 is 1. The number of allylic oxidation sites excluding steroid dienone is 2. The molecular formula is C13H10O5. The molecule has 0 amide bonds. The molecule has 0 bridgehead atoms. The largest absolute Gasteiger partial charge is 0.424 e. The molecule has 1 aromatic carbocycles. The molecule has 0 aliphatic heterocycles. The number of fused-ring (bicyclic) bond motifs is 1. The Morgan fingerprint density at radius 3 is 2.61 bits per heavy atom. The highest BCUT2D eigenvalue weighted by atomic mass is 16.6. The first-order valence-corrected chi connectivity index (χ1v) is 5.23.